The van der Waals surface area contributed by atoms with Crippen molar-refractivity contribution in [1.29, 1.82) is 0 Å². The van der Waals surface area contributed by atoms with Gasteiger partial charge in [-0.25, -0.2) is 4.68 Å². The summed E-state index contributed by atoms with van der Waals surface area (Å²) in [5.74, 6) is 0.994. The lowest BCUT2D eigenvalue weighted by molar-refractivity contribution is 0.0383. The highest BCUT2D eigenvalue weighted by Gasteiger charge is 2.21. The second kappa shape index (κ2) is 11.1. The minimum absolute atomic E-state index is 0.245. The van der Waals surface area contributed by atoms with Crippen molar-refractivity contribution < 1.29 is 19.0 Å². The fourth-order valence-electron chi connectivity index (χ4n) is 3.74. The Kier molecular flexibility index (Phi) is 7.95. The van der Waals surface area contributed by atoms with Gasteiger partial charge in [0.1, 0.15) is 17.2 Å². The fraction of sp³-hybridized carbons (Fsp3) is 0.333. The first kappa shape index (κ1) is 24.3. The van der Waals surface area contributed by atoms with Gasteiger partial charge in [0, 0.05) is 37.8 Å². The van der Waals surface area contributed by atoms with Crippen molar-refractivity contribution in [2.75, 3.05) is 53.6 Å². The first-order valence-corrected chi connectivity index (χ1v) is 11.6. The van der Waals surface area contributed by atoms with Crippen molar-refractivity contribution in [1.82, 2.24) is 20.0 Å². The number of rotatable bonds is 8. The van der Waals surface area contributed by atoms with Gasteiger partial charge in [-0.05, 0) is 36.4 Å². The third-order valence-electron chi connectivity index (χ3n) is 5.59. The number of ether oxygens (including phenoxy) is 3. The zero-order chi connectivity index (χ0) is 24.1. The molecule has 8 nitrogen and oxygen atoms in total. The molecule has 1 saturated heterocycles. The van der Waals surface area contributed by atoms with Crippen molar-refractivity contribution in [3.05, 3.63) is 58.2 Å². The highest BCUT2D eigenvalue weighted by molar-refractivity contribution is 6.42. The van der Waals surface area contributed by atoms with E-state index >= 15 is 0 Å². The number of aromatic nitrogens is 2. The first-order chi connectivity index (χ1) is 16.5. The van der Waals surface area contributed by atoms with Gasteiger partial charge in [0.25, 0.3) is 5.91 Å². The van der Waals surface area contributed by atoms with Crippen molar-refractivity contribution in [3.63, 3.8) is 0 Å². The van der Waals surface area contributed by atoms with Crippen molar-refractivity contribution in [2.45, 2.75) is 0 Å². The molecule has 1 aliphatic heterocycles. The van der Waals surface area contributed by atoms with E-state index in [0.717, 1.165) is 25.2 Å². The smallest absolute Gasteiger partial charge is 0.270 e. The molecule has 0 atom stereocenters. The molecule has 0 spiro atoms. The van der Waals surface area contributed by atoms with Crippen LogP contribution in [0.2, 0.25) is 10.0 Å². The monoisotopic (exact) mass is 504 g/mol. The van der Waals surface area contributed by atoms with Gasteiger partial charge in [-0.1, -0.05) is 23.2 Å². The van der Waals surface area contributed by atoms with Crippen LogP contribution in [0.25, 0.3) is 16.9 Å². The molecular formula is C24H26Cl2N4O4. The Morgan fingerprint density at radius 1 is 1.06 bits per heavy atom. The van der Waals surface area contributed by atoms with E-state index in [0.29, 0.717) is 58.4 Å². The summed E-state index contributed by atoms with van der Waals surface area (Å²) >= 11 is 12.3. The minimum Gasteiger partial charge on any atom is -0.497 e. The summed E-state index contributed by atoms with van der Waals surface area (Å²) in [6.45, 7) is 4.40. The molecule has 2 aromatic carbocycles. The van der Waals surface area contributed by atoms with Crippen LogP contribution < -0.4 is 14.8 Å². The highest BCUT2D eigenvalue weighted by atomic mass is 35.5. The van der Waals surface area contributed by atoms with Gasteiger partial charge in [-0.3, -0.25) is 9.69 Å². The lowest BCUT2D eigenvalue weighted by atomic mass is 10.1. The number of methoxy groups -OCH3 is 2. The van der Waals surface area contributed by atoms with E-state index in [1.165, 1.54) is 0 Å². The molecule has 0 saturated carbocycles. The molecular weight excluding hydrogens is 479 g/mol. The van der Waals surface area contributed by atoms with E-state index in [1.807, 2.05) is 12.1 Å². The Morgan fingerprint density at radius 2 is 1.85 bits per heavy atom. The van der Waals surface area contributed by atoms with Gasteiger partial charge >= 0.3 is 0 Å². The molecule has 34 heavy (non-hydrogen) atoms. The van der Waals surface area contributed by atoms with E-state index in [4.69, 9.17) is 42.5 Å². The Bertz CT molecular complexity index is 1160. The molecule has 0 radical (unpaired) electrons. The summed E-state index contributed by atoms with van der Waals surface area (Å²) in [5.41, 5.74) is 2.29. The Hall–Kier alpha value is -2.78. The quantitative estimate of drug-likeness (QED) is 0.500. The van der Waals surface area contributed by atoms with Crippen LogP contribution in [0.4, 0.5) is 0 Å². The predicted octanol–water partition coefficient (Wildman–Crippen LogP) is 3.93. The summed E-state index contributed by atoms with van der Waals surface area (Å²) in [6.07, 6.45) is 0. The number of nitrogens with one attached hydrogen (secondary N) is 1. The van der Waals surface area contributed by atoms with Crippen molar-refractivity contribution >= 4 is 29.1 Å². The summed E-state index contributed by atoms with van der Waals surface area (Å²) < 4.78 is 17.8. The molecule has 4 rings (SSSR count). The third-order valence-corrected chi connectivity index (χ3v) is 6.33. The number of amides is 1. The zero-order valence-electron chi connectivity index (χ0n) is 19.0. The van der Waals surface area contributed by atoms with Gasteiger partial charge in [0.2, 0.25) is 0 Å². The van der Waals surface area contributed by atoms with Gasteiger partial charge < -0.3 is 19.5 Å². The lowest BCUT2D eigenvalue weighted by Crippen LogP contribution is -2.41. The van der Waals surface area contributed by atoms with E-state index in [2.05, 4.69) is 10.2 Å². The van der Waals surface area contributed by atoms with Crippen LogP contribution in [0.5, 0.6) is 11.5 Å². The second-order valence-corrected chi connectivity index (χ2v) is 8.52. The van der Waals surface area contributed by atoms with Gasteiger partial charge in [0.05, 0.1) is 48.9 Å². The summed E-state index contributed by atoms with van der Waals surface area (Å²) in [7, 11) is 3.17. The van der Waals surface area contributed by atoms with Crippen LogP contribution in [0.3, 0.4) is 0 Å². The minimum atomic E-state index is -0.245. The third kappa shape index (κ3) is 5.47. The van der Waals surface area contributed by atoms with E-state index in [9.17, 15) is 4.79 Å². The molecule has 1 N–H and O–H groups in total. The molecule has 1 amide bonds. The van der Waals surface area contributed by atoms with Crippen LogP contribution in [0.1, 0.15) is 10.5 Å². The summed E-state index contributed by atoms with van der Waals surface area (Å²) in [6, 6.07) is 12.3. The summed E-state index contributed by atoms with van der Waals surface area (Å²) in [5, 5.41) is 8.51. The molecule has 0 aliphatic carbocycles. The predicted molar refractivity (Wildman–Crippen MR) is 132 cm³/mol. The van der Waals surface area contributed by atoms with E-state index < -0.39 is 0 Å². The topological polar surface area (TPSA) is 77.9 Å². The van der Waals surface area contributed by atoms with Gasteiger partial charge in [-0.15, -0.1) is 0 Å². The van der Waals surface area contributed by atoms with Crippen LogP contribution >= 0.6 is 23.2 Å². The molecule has 180 valence electrons. The van der Waals surface area contributed by atoms with Crippen molar-refractivity contribution in [3.8, 4) is 28.4 Å². The largest absolute Gasteiger partial charge is 0.497 e. The molecule has 1 aromatic heterocycles. The first-order valence-electron chi connectivity index (χ1n) is 10.9. The molecule has 0 bridgehead atoms. The number of carbonyl (C=O) groups excluding carboxylic acids is 1. The SMILES string of the molecule is COc1ccc(-c2cc(C(=O)NCCN3CCOCC3)n(-c3ccc(Cl)c(Cl)c3)n2)c(OC)c1. The maximum atomic E-state index is 13.2. The number of hydrogen-bond donors (Lipinski definition) is 1. The highest BCUT2D eigenvalue weighted by Crippen LogP contribution is 2.34. The Morgan fingerprint density at radius 3 is 2.56 bits per heavy atom. The van der Waals surface area contributed by atoms with Gasteiger partial charge in [0.15, 0.2) is 0 Å². The normalized spacial score (nSPS) is 14.1. The molecule has 1 aliphatic rings. The van der Waals surface area contributed by atoms with Crippen molar-refractivity contribution in [2.24, 2.45) is 0 Å². The van der Waals surface area contributed by atoms with E-state index in [-0.39, 0.29) is 5.91 Å². The molecule has 2 heterocycles. The number of benzene rings is 2. The van der Waals surface area contributed by atoms with Gasteiger partial charge in [-0.2, -0.15) is 5.10 Å². The molecule has 0 unspecified atom stereocenters. The number of halogens is 2. The average molecular weight is 505 g/mol. The van der Waals surface area contributed by atoms with Crippen LogP contribution in [-0.2, 0) is 4.74 Å². The second-order valence-electron chi connectivity index (χ2n) is 7.70. The number of hydrogen-bond acceptors (Lipinski definition) is 6. The Labute approximate surface area is 208 Å². The summed E-state index contributed by atoms with van der Waals surface area (Å²) in [4.78, 5) is 15.5. The van der Waals surface area contributed by atoms with E-state index in [1.54, 1.807) is 49.2 Å². The number of morpholine rings is 1. The number of carbonyl (C=O) groups is 1. The molecule has 1 fully saturated rings. The molecule has 3 aromatic rings. The fourth-order valence-corrected chi connectivity index (χ4v) is 4.03. The van der Waals surface area contributed by atoms with Crippen LogP contribution in [0, 0.1) is 0 Å². The lowest BCUT2D eigenvalue weighted by Gasteiger charge is -2.26. The zero-order valence-corrected chi connectivity index (χ0v) is 20.5. The number of nitrogens with zero attached hydrogens (tertiary/aromatic N) is 3. The van der Waals surface area contributed by atoms with Crippen LogP contribution in [-0.4, -0.2) is 74.2 Å². The average Bonchev–Trinajstić information content (AvgIpc) is 3.31. The Balaban J connectivity index is 1.65. The van der Waals surface area contributed by atoms with Crippen LogP contribution in [0.15, 0.2) is 42.5 Å². The maximum absolute atomic E-state index is 13.2. The molecule has 10 heteroatoms. The maximum Gasteiger partial charge on any atom is 0.270 e. The standard InChI is InChI=1S/C24H26Cl2N4O4/c1-32-17-4-5-18(23(14-17)33-2)21-15-22(24(31)27-7-8-29-9-11-34-12-10-29)30(28-21)16-3-6-19(25)20(26)13-16/h3-6,13-15H,7-12H2,1-2H3,(H,27,31).